The molecule has 0 spiro atoms. The van der Waals surface area contributed by atoms with Crippen LogP contribution in [0.15, 0.2) is 47.2 Å². The van der Waals surface area contributed by atoms with Gasteiger partial charge in [0.25, 0.3) is 0 Å². The molecule has 0 unspecified atom stereocenters. The van der Waals surface area contributed by atoms with Crippen LogP contribution in [0.3, 0.4) is 0 Å². The van der Waals surface area contributed by atoms with E-state index in [0.717, 1.165) is 32.1 Å². The summed E-state index contributed by atoms with van der Waals surface area (Å²) in [6.45, 7) is 1.83. The molecule has 22 heavy (non-hydrogen) atoms. The van der Waals surface area contributed by atoms with Gasteiger partial charge < -0.3 is 4.74 Å². The standard InChI is InChI=1S/C17H13BrN2O2/c1-10-6-12(8-20-16(10)17(21)22-2)15-7-11-4-3-5-14(18)13(11)9-19-15/h3-9H,1-2H3. The van der Waals surface area contributed by atoms with Crippen molar-refractivity contribution in [2.24, 2.45) is 0 Å². The second kappa shape index (κ2) is 5.85. The lowest BCUT2D eigenvalue weighted by Gasteiger charge is -2.07. The van der Waals surface area contributed by atoms with Gasteiger partial charge in [-0.1, -0.05) is 28.1 Å². The first-order valence-electron chi connectivity index (χ1n) is 6.70. The van der Waals surface area contributed by atoms with E-state index in [1.807, 2.05) is 43.5 Å². The maximum Gasteiger partial charge on any atom is 0.356 e. The molecule has 0 amide bonds. The summed E-state index contributed by atoms with van der Waals surface area (Å²) < 4.78 is 5.72. The van der Waals surface area contributed by atoms with E-state index >= 15 is 0 Å². The minimum Gasteiger partial charge on any atom is -0.464 e. The van der Waals surface area contributed by atoms with Crippen LogP contribution in [0.25, 0.3) is 22.0 Å². The number of esters is 1. The Kier molecular flexibility index (Phi) is 3.90. The van der Waals surface area contributed by atoms with Crippen LogP contribution in [0.5, 0.6) is 0 Å². The van der Waals surface area contributed by atoms with Crippen molar-refractivity contribution >= 4 is 32.7 Å². The fraction of sp³-hybridized carbons (Fsp3) is 0.118. The van der Waals surface area contributed by atoms with E-state index in [-0.39, 0.29) is 0 Å². The summed E-state index contributed by atoms with van der Waals surface area (Å²) >= 11 is 3.52. The van der Waals surface area contributed by atoms with E-state index in [4.69, 9.17) is 4.74 Å². The number of rotatable bonds is 2. The summed E-state index contributed by atoms with van der Waals surface area (Å²) in [4.78, 5) is 20.3. The van der Waals surface area contributed by atoms with Gasteiger partial charge in [-0.15, -0.1) is 0 Å². The molecule has 0 aliphatic heterocycles. The monoisotopic (exact) mass is 356 g/mol. The molecular formula is C17H13BrN2O2. The second-order valence-electron chi connectivity index (χ2n) is 4.91. The van der Waals surface area contributed by atoms with E-state index < -0.39 is 5.97 Å². The number of nitrogens with zero attached hydrogens (tertiary/aromatic N) is 2. The molecule has 3 rings (SSSR count). The highest BCUT2D eigenvalue weighted by Gasteiger charge is 2.12. The van der Waals surface area contributed by atoms with Crippen LogP contribution in [-0.4, -0.2) is 23.0 Å². The first-order chi connectivity index (χ1) is 10.6. The molecule has 2 heterocycles. The number of hydrogen-bond donors (Lipinski definition) is 0. The number of fused-ring (bicyclic) bond motifs is 1. The second-order valence-corrected chi connectivity index (χ2v) is 5.77. The topological polar surface area (TPSA) is 52.1 Å². The number of aryl methyl sites for hydroxylation is 1. The van der Waals surface area contributed by atoms with Crippen molar-refractivity contribution in [3.8, 4) is 11.3 Å². The number of carbonyl (C=O) groups is 1. The third-order valence-corrected chi connectivity index (χ3v) is 4.16. The number of halogens is 1. The van der Waals surface area contributed by atoms with Gasteiger partial charge in [0.2, 0.25) is 0 Å². The Labute approximate surface area is 136 Å². The Balaban J connectivity index is 2.08. The Bertz CT molecular complexity index is 878. The molecule has 0 atom stereocenters. The van der Waals surface area contributed by atoms with Crippen LogP contribution >= 0.6 is 15.9 Å². The van der Waals surface area contributed by atoms with E-state index in [1.54, 1.807) is 6.20 Å². The molecule has 0 aliphatic rings. The number of pyridine rings is 2. The third kappa shape index (κ3) is 2.60. The summed E-state index contributed by atoms with van der Waals surface area (Å²) in [6, 6.07) is 9.91. The van der Waals surface area contributed by atoms with Crippen LogP contribution in [0.1, 0.15) is 16.1 Å². The highest BCUT2D eigenvalue weighted by atomic mass is 79.9. The molecule has 0 aliphatic carbocycles. The average molecular weight is 357 g/mol. The van der Waals surface area contributed by atoms with Gasteiger partial charge in [0.1, 0.15) is 0 Å². The molecule has 0 bridgehead atoms. The first kappa shape index (κ1) is 14.7. The summed E-state index contributed by atoms with van der Waals surface area (Å²) in [5, 5.41) is 2.15. The molecule has 5 heteroatoms. The predicted octanol–water partition coefficient (Wildman–Crippen LogP) is 4.15. The molecular weight excluding hydrogens is 344 g/mol. The van der Waals surface area contributed by atoms with Gasteiger partial charge in [-0.05, 0) is 36.1 Å². The van der Waals surface area contributed by atoms with E-state index in [0.29, 0.717) is 5.69 Å². The summed E-state index contributed by atoms with van der Waals surface area (Å²) in [6.07, 6.45) is 3.48. The number of methoxy groups -OCH3 is 1. The van der Waals surface area contributed by atoms with Crippen molar-refractivity contribution in [3.05, 3.63) is 58.5 Å². The zero-order valence-corrected chi connectivity index (χ0v) is 13.7. The van der Waals surface area contributed by atoms with Crippen LogP contribution < -0.4 is 0 Å². The van der Waals surface area contributed by atoms with Gasteiger partial charge in [-0.3, -0.25) is 4.98 Å². The molecule has 0 N–H and O–H groups in total. The zero-order chi connectivity index (χ0) is 15.7. The van der Waals surface area contributed by atoms with Crippen molar-refractivity contribution in [1.82, 2.24) is 9.97 Å². The number of ether oxygens (including phenoxy) is 1. The Morgan fingerprint density at radius 3 is 2.73 bits per heavy atom. The minimum atomic E-state index is -0.431. The van der Waals surface area contributed by atoms with E-state index in [1.165, 1.54) is 7.11 Å². The van der Waals surface area contributed by atoms with E-state index in [9.17, 15) is 4.79 Å². The molecule has 0 saturated heterocycles. The molecule has 1 aromatic carbocycles. The van der Waals surface area contributed by atoms with Crippen molar-refractivity contribution < 1.29 is 9.53 Å². The predicted molar refractivity (Wildman–Crippen MR) is 88.8 cm³/mol. The third-order valence-electron chi connectivity index (χ3n) is 3.46. The molecule has 2 aromatic heterocycles. The number of benzene rings is 1. The molecule has 0 fully saturated rings. The molecule has 110 valence electrons. The van der Waals surface area contributed by atoms with Crippen molar-refractivity contribution in [1.29, 1.82) is 0 Å². The van der Waals surface area contributed by atoms with Crippen molar-refractivity contribution in [2.45, 2.75) is 6.92 Å². The highest BCUT2D eigenvalue weighted by molar-refractivity contribution is 9.10. The van der Waals surface area contributed by atoms with Gasteiger partial charge in [0.05, 0.1) is 12.8 Å². The lowest BCUT2D eigenvalue weighted by Crippen LogP contribution is -2.06. The van der Waals surface area contributed by atoms with Crippen LogP contribution in [0.4, 0.5) is 0 Å². The van der Waals surface area contributed by atoms with Gasteiger partial charge >= 0.3 is 5.97 Å². The summed E-state index contributed by atoms with van der Waals surface area (Å²) in [5.74, 6) is -0.431. The zero-order valence-electron chi connectivity index (χ0n) is 12.1. The molecule has 4 nitrogen and oxygen atoms in total. The Hall–Kier alpha value is -2.27. The lowest BCUT2D eigenvalue weighted by molar-refractivity contribution is 0.0593. The smallest absolute Gasteiger partial charge is 0.356 e. The van der Waals surface area contributed by atoms with Crippen LogP contribution in [0, 0.1) is 6.92 Å². The highest BCUT2D eigenvalue weighted by Crippen LogP contribution is 2.27. The van der Waals surface area contributed by atoms with Crippen LogP contribution in [0.2, 0.25) is 0 Å². The molecule has 0 radical (unpaired) electrons. The lowest BCUT2D eigenvalue weighted by atomic mass is 10.1. The van der Waals surface area contributed by atoms with Crippen molar-refractivity contribution in [2.75, 3.05) is 7.11 Å². The summed E-state index contributed by atoms with van der Waals surface area (Å²) in [5.41, 5.74) is 2.78. The largest absolute Gasteiger partial charge is 0.464 e. The average Bonchev–Trinajstić information content (AvgIpc) is 2.54. The van der Waals surface area contributed by atoms with Gasteiger partial charge in [0, 0.05) is 27.8 Å². The SMILES string of the molecule is COC(=O)c1ncc(-c2cc3cccc(Br)c3cn2)cc1C. The Morgan fingerprint density at radius 2 is 2.00 bits per heavy atom. The number of carbonyl (C=O) groups excluding carboxylic acids is 1. The van der Waals surface area contributed by atoms with Crippen LogP contribution in [-0.2, 0) is 4.74 Å². The molecule has 0 saturated carbocycles. The van der Waals surface area contributed by atoms with Gasteiger partial charge in [-0.2, -0.15) is 0 Å². The van der Waals surface area contributed by atoms with Crippen molar-refractivity contribution in [3.63, 3.8) is 0 Å². The Morgan fingerprint density at radius 1 is 1.18 bits per heavy atom. The maximum absolute atomic E-state index is 11.6. The minimum absolute atomic E-state index is 0.329. The first-order valence-corrected chi connectivity index (χ1v) is 7.49. The number of hydrogen-bond acceptors (Lipinski definition) is 4. The maximum atomic E-state index is 11.6. The number of aromatic nitrogens is 2. The molecule has 3 aromatic rings. The summed E-state index contributed by atoms with van der Waals surface area (Å²) in [7, 11) is 1.35. The quantitative estimate of drug-likeness (QED) is 0.647. The van der Waals surface area contributed by atoms with Gasteiger partial charge in [-0.25, -0.2) is 9.78 Å². The van der Waals surface area contributed by atoms with Gasteiger partial charge in [0.15, 0.2) is 5.69 Å². The fourth-order valence-corrected chi connectivity index (χ4v) is 2.80. The fourth-order valence-electron chi connectivity index (χ4n) is 2.32. The normalized spacial score (nSPS) is 10.7. The van der Waals surface area contributed by atoms with E-state index in [2.05, 4.69) is 25.9 Å².